The Kier molecular flexibility index (Phi) is 3.90. The molecule has 0 amide bonds. The van der Waals surface area contributed by atoms with Crippen LogP contribution in [0.5, 0.6) is 0 Å². The molecule has 5 rings (SSSR count). The second kappa shape index (κ2) is 6.26. The van der Waals surface area contributed by atoms with Crippen molar-refractivity contribution in [2.75, 3.05) is 0 Å². The van der Waals surface area contributed by atoms with Gasteiger partial charge in [0.05, 0.1) is 29.0 Å². The Hall–Kier alpha value is -2.99. The fourth-order valence-corrected chi connectivity index (χ4v) is 4.65. The van der Waals surface area contributed by atoms with Crippen LogP contribution in [0.1, 0.15) is 48.9 Å². The van der Waals surface area contributed by atoms with Crippen molar-refractivity contribution in [3.8, 4) is 11.4 Å². The van der Waals surface area contributed by atoms with Gasteiger partial charge in [0.2, 0.25) is 0 Å². The van der Waals surface area contributed by atoms with Crippen LogP contribution in [0, 0.1) is 0 Å². The number of aliphatic hydroxyl groups is 1. The molecule has 4 heterocycles. The van der Waals surface area contributed by atoms with Crippen LogP contribution < -0.4 is 5.56 Å². The highest BCUT2D eigenvalue weighted by Gasteiger charge is 2.45. The minimum absolute atomic E-state index is 0.108. The number of benzene rings is 1. The molecule has 2 aromatic heterocycles. The Morgan fingerprint density at radius 3 is 2.76 bits per heavy atom. The summed E-state index contributed by atoms with van der Waals surface area (Å²) in [5.41, 5.74) is 3.27. The molecule has 0 aliphatic carbocycles. The molecule has 6 heteroatoms. The van der Waals surface area contributed by atoms with E-state index in [2.05, 4.69) is 13.0 Å². The molecule has 1 atom stereocenters. The van der Waals surface area contributed by atoms with Crippen molar-refractivity contribution in [2.45, 2.75) is 51.9 Å². The zero-order valence-corrected chi connectivity index (χ0v) is 16.5. The van der Waals surface area contributed by atoms with Crippen molar-refractivity contribution in [3.05, 3.63) is 62.9 Å². The summed E-state index contributed by atoms with van der Waals surface area (Å²) < 4.78 is 6.83. The highest BCUT2D eigenvalue weighted by Crippen LogP contribution is 2.40. The molecule has 0 unspecified atom stereocenters. The molecule has 1 aromatic carbocycles. The van der Waals surface area contributed by atoms with Gasteiger partial charge in [-0.1, -0.05) is 38.5 Å². The number of aryl methyl sites for hydroxylation is 1. The highest BCUT2D eigenvalue weighted by atomic mass is 16.6. The molecule has 148 valence electrons. The lowest BCUT2D eigenvalue weighted by molar-refractivity contribution is -0.172. The smallest absolute Gasteiger partial charge is 0.343 e. The van der Waals surface area contributed by atoms with Gasteiger partial charge in [-0.3, -0.25) is 4.79 Å². The van der Waals surface area contributed by atoms with Gasteiger partial charge in [0.25, 0.3) is 5.56 Å². The summed E-state index contributed by atoms with van der Waals surface area (Å²) in [5.74, 6) is -0.701. The standard InChI is InChI=1S/C23H22N2O4/c1-3-7-13-14-8-5-6-9-18(14)24-20-15(13)11-25-19(20)10-17-16(21(25)26)12-29-22(27)23(17,28)4-2/h5-6,8-10,28H,3-4,7,11-12H2,1-2H3/t23-/m0/s1. The second-order valence-corrected chi connectivity index (χ2v) is 7.79. The van der Waals surface area contributed by atoms with Gasteiger partial charge in [0.1, 0.15) is 6.61 Å². The zero-order valence-electron chi connectivity index (χ0n) is 16.5. The van der Waals surface area contributed by atoms with Gasteiger partial charge in [0.15, 0.2) is 5.60 Å². The lowest BCUT2D eigenvalue weighted by Crippen LogP contribution is -2.44. The number of carbonyl (C=O) groups is 1. The number of aromatic nitrogens is 2. The van der Waals surface area contributed by atoms with E-state index in [0.717, 1.165) is 35.0 Å². The van der Waals surface area contributed by atoms with E-state index in [0.29, 0.717) is 23.4 Å². The van der Waals surface area contributed by atoms with E-state index >= 15 is 0 Å². The molecule has 0 bridgehead atoms. The number of esters is 1. The van der Waals surface area contributed by atoms with Crippen LogP contribution >= 0.6 is 0 Å². The van der Waals surface area contributed by atoms with Crippen molar-refractivity contribution in [1.82, 2.24) is 9.55 Å². The van der Waals surface area contributed by atoms with Crippen LogP contribution in [0.3, 0.4) is 0 Å². The summed E-state index contributed by atoms with van der Waals surface area (Å²) in [4.78, 5) is 30.4. The van der Waals surface area contributed by atoms with Crippen LogP contribution in [0.4, 0.5) is 0 Å². The van der Waals surface area contributed by atoms with Crippen molar-refractivity contribution in [1.29, 1.82) is 0 Å². The van der Waals surface area contributed by atoms with Gasteiger partial charge < -0.3 is 14.4 Å². The van der Waals surface area contributed by atoms with Gasteiger partial charge in [-0.2, -0.15) is 0 Å². The molecule has 6 nitrogen and oxygen atoms in total. The van der Waals surface area contributed by atoms with E-state index < -0.39 is 11.6 Å². The highest BCUT2D eigenvalue weighted by molar-refractivity contribution is 5.89. The third kappa shape index (κ3) is 2.35. The molecule has 0 radical (unpaired) electrons. The number of hydrogen-bond donors (Lipinski definition) is 1. The number of pyridine rings is 2. The number of nitrogens with zero attached hydrogens (tertiary/aromatic N) is 2. The number of carbonyl (C=O) groups excluding carboxylic acids is 1. The molecule has 0 fully saturated rings. The molecule has 0 saturated carbocycles. The first-order valence-corrected chi connectivity index (χ1v) is 10.1. The van der Waals surface area contributed by atoms with E-state index in [9.17, 15) is 14.7 Å². The van der Waals surface area contributed by atoms with Crippen LogP contribution in [0.2, 0.25) is 0 Å². The Morgan fingerprint density at radius 2 is 2.00 bits per heavy atom. The van der Waals surface area contributed by atoms with E-state index in [-0.39, 0.29) is 18.6 Å². The number of cyclic esters (lactones) is 1. The Bertz CT molecular complexity index is 1240. The maximum Gasteiger partial charge on any atom is 0.343 e. The predicted octanol–water partition coefficient (Wildman–Crippen LogP) is 3.03. The van der Waals surface area contributed by atoms with Crippen LogP contribution in [0.25, 0.3) is 22.3 Å². The predicted molar refractivity (Wildman–Crippen MR) is 109 cm³/mol. The van der Waals surface area contributed by atoms with E-state index in [1.54, 1.807) is 17.6 Å². The van der Waals surface area contributed by atoms with E-state index in [1.165, 1.54) is 5.56 Å². The SMILES string of the molecule is CCCc1c2c(nc3ccccc13)-c1cc3c(c(=O)n1C2)COC(=O)[C@]3(O)CC. The number of fused-ring (bicyclic) bond motifs is 5. The second-order valence-electron chi connectivity index (χ2n) is 7.79. The Morgan fingerprint density at radius 1 is 1.21 bits per heavy atom. The first-order valence-electron chi connectivity index (χ1n) is 10.1. The van der Waals surface area contributed by atoms with Crippen molar-refractivity contribution in [3.63, 3.8) is 0 Å². The summed E-state index contributed by atoms with van der Waals surface area (Å²) in [6, 6.07) is 9.79. The lowest BCUT2D eigenvalue weighted by atomic mass is 9.86. The lowest BCUT2D eigenvalue weighted by Gasteiger charge is -2.31. The zero-order chi connectivity index (χ0) is 20.3. The van der Waals surface area contributed by atoms with Gasteiger partial charge in [-0.05, 0) is 30.5 Å². The molecule has 2 aliphatic heterocycles. The minimum atomic E-state index is -1.80. The van der Waals surface area contributed by atoms with Gasteiger partial charge in [-0.25, -0.2) is 9.78 Å². The van der Waals surface area contributed by atoms with Gasteiger partial charge in [-0.15, -0.1) is 0 Å². The average molecular weight is 390 g/mol. The van der Waals surface area contributed by atoms with E-state index in [1.807, 2.05) is 18.2 Å². The van der Waals surface area contributed by atoms with Crippen LogP contribution in [-0.4, -0.2) is 20.6 Å². The number of para-hydroxylation sites is 1. The first kappa shape index (κ1) is 18.1. The fraction of sp³-hybridized carbons (Fsp3) is 0.348. The van der Waals surface area contributed by atoms with Gasteiger partial charge in [0, 0.05) is 16.5 Å². The van der Waals surface area contributed by atoms with Crippen molar-refractivity contribution >= 4 is 16.9 Å². The average Bonchev–Trinajstić information content (AvgIpc) is 3.10. The number of rotatable bonds is 3. The normalized spacial score (nSPS) is 19.6. The third-order valence-corrected chi connectivity index (χ3v) is 6.21. The third-order valence-electron chi connectivity index (χ3n) is 6.21. The van der Waals surface area contributed by atoms with Crippen molar-refractivity contribution in [2.24, 2.45) is 0 Å². The summed E-state index contributed by atoms with van der Waals surface area (Å²) >= 11 is 0. The summed E-state index contributed by atoms with van der Waals surface area (Å²) in [5, 5.41) is 12.1. The largest absolute Gasteiger partial charge is 0.458 e. The van der Waals surface area contributed by atoms with Crippen LogP contribution in [0.15, 0.2) is 35.1 Å². The summed E-state index contributed by atoms with van der Waals surface area (Å²) in [6.07, 6.45) is 2.02. The van der Waals surface area contributed by atoms with Crippen LogP contribution in [-0.2, 0) is 34.7 Å². The molecule has 2 aliphatic rings. The first-order chi connectivity index (χ1) is 14.0. The summed E-state index contributed by atoms with van der Waals surface area (Å²) in [7, 11) is 0. The number of ether oxygens (including phenoxy) is 1. The maximum absolute atomic E-state index is 13.3. The summed E-state index contributed by atoms with van der Waals surface area (Å²) in [6.45, 7) is 4.19. The quantitative estimate of drug-likeness (QED) is 0.544. The molecular formula is C23H22N2O4. The van der Waals surface area contributed by atoms with Crippen molar-refractivity contribution < 1.29 is 14.6 Å². The maximum atomic E-state index is 13.3. The molecule has 0 saturated heterocycles. The topological polar surface area (TPSA) is 81.4 Å². The molecule has 1 N–H and O–H groups in total. The molecule has 3 aromatic rings. The minimum Gasteiger partial charge on any atom is -0.458 e. The van der Waals surface area contributed by atoms with Gasteiger partial charge >= 0.3 is 5.97 Å². The van der Waals surface area contributed by atoms with E-state index in [4.69, 9.17) is 9.72 Å². The molecular weight excluding hydrogens is 368 g/mol. The number of hydrogen-bond acceptors (Lipinski definition) is 5. The molecule has 0 spiro atoms. The monoisotopic (exact) mass is 390 g/mol. The molecule has 29 heavy (non-hydrogen) atoms. The Balaban J connectivity index is 1.83. The fourth-order valence-electron chi connectivity index (χ4n) is 4.65. The Labute approximate surface area is 167 Å².